The normalized spacial score (nSPS) is 20.7. The molecule has 0 radical (unpaired) electrons. The Balaban J connectivity index is 0.00000196. The zero-order valence-electron chi connectivity index (χ0n) is 15.6. The van der Waals surface area contributed by atoms with E-state index in [0.29, 0.717) is 43.9 Å². The number of amides is 3. The van der Waals surface area contributed by atoms with Gasteiger partial charge in [0.05, 0.1) is 18.6 Å². The largest absolute Gasteiger partial charge is 0.379 e. The van der Waals surface area contributed by atoms with E-state index in [1.807, 2.05) is 0 Å². The number of aryl methyl sites for hydroxylation is 1. The van der Waals surface area contributed by atoms with Gasteiger partial charge in [-0.25, -0.2) is 4.39 Å². The summed E-state index contributed by atoms with van der Waals surface area (Å²) in [6, 6.07) is 4.22. The first-order chi connectivity index (χ1) is 12.4. The molecule has 156 valence electrons. The number of nitrogens with one attached hydrogen (secondary N) is 2. The van der Waals surface area contributed by atoms with Crippen molar-refractivity contribution in [3.8, 4) is 0 Å². The maximum atomic E-state index is 13.3. The quantitative estimate of drug-likeness (QED) is 0.701. The minimum Gasteiger partial charge on any atom is -0.379 e. The molecule has 2 aliphatic rings. The summed E-state index contributed by atoms with van der Waals surface area (Å²) in [6.07, 6.45) is 1.18. The van der Waals surface area contributed by atoms with Gasteiger partial charge in [0.25, 0.3) is 0 Å². The van der Waals surface area contributed by atoms with Crippen LogP contribution in [0.3, 0.4) is 0 Å². The fourth-order valence-electron chi connectivity index (χ4n) is 3.16. The Labute approximate surface area is 177 Å². The summed E-state index contributed by atoms with van der Waals surface area (Å²) < 4.78 is 18.5. The molecule has 0 saturated carbocycles. The molecule has 1 aromatic carbocycles. The number of carbonyl (C=O) groups excluding carboxylic acids is 3. The van der Waals surface area contributed by atoms with E-state index in [2.05, 4.69) is 10.6 Å². The number of halogens is 1. The van der Waals surface area contributed by atoms with E-state index in [-0.39, 0.29) is 51.3 Å². The molecule has 2 heterocycles. The monoisotopic (exact) mass is 431 g/mol. The third-order valence-electron chi connectivity index (χ3n) is 4.73. The zero-order chi connectivity index (χ0) is 18.7. The predicted octanol–water partition coefficient (Wildman–Crippen LogP) is 1.05. The van der Waals surface area contributed by atoms with E-state index in [0.717, 1.165) is 0 Å². The molecule has 2 N–H and O–H groups in total. The van der Waals surface area contributed by atoms with E-state index < -0.39 is 17.7 Å². The van der Waals surface area contributed by atoms with E-state index in [9.17, 15) is 18.8 Å². The Bertz CT molecular complexity index is 729. The lowest BCUT2D eigenvalue weighted by Gasteiger charge is -2.17. The van der Waals surface area contributed by atoms with Crippen molar-refractivity contribution in [2.45, 2.75) is 25.8 Å². The summed E-state index contributed by atoms with van der Waals surface area (Å²) in [5.41, 5.74) is 0.955. The van der Waals surface area contributed by atoms with Gasteiger partial charge in [-0.1, -0.05) is 0 Å². The minimum absolute atomic E-state index is 0. The molecule has 7 nitrogen and oxygen atoms in total. The second-order valence-electron chi connectivity index (χ2n) is 6.72. The first-order valence-electron chi connectivity index (χ1n) is 8.68. The van der Waals surface area contributed by atoms with Crippen LogP contribution in [0.15, 0.2) is 18.2 Å². The second-order valence-corrected chi connectivity index (χ2v) is 6.72. The molecule has 0 aliphatic carbocycles. The van der Waals surface area contributed by atoms with Crippen LogP contribution in [-0.2, 0) is 19.1 Å². The molecular weight excluding hydrogens is 405 g/mol. The van der Waals surface area contributed by atoms with E-state index >= 15 is 0 Å². The standard InChI is InChI=1S/C18H22FN3O4.2H2S/c1-11-8-13(2-3-15(11)19)20-16(23)12-4-6-22(9-12)18(25)17(24)21-14-5-7-26-10-14;;/h2-3,8,12,14H,4-7,9-10H2,1H3,(H,20,23)(H,21,24);2*1H2/t12?,14-;;/m0../s1. The highest BCUT2D eigenvalue weighted by molar-refractivity contribution is 7.59. The van der Waals surface area contributed by atoms with Gasteiger partial charge in [-0.3, -0.25) is 14.4 Å². The maximum Gasteiger partial charge on any atom is 0.311 e. The second kappa shape index (κ2) is 10.7. The van der Waals surface area contributed by atoms with Crippen molar-refractivity contribution in [2.75, 3.05) is 31.6 Å². The summed E-state index contributed by atoms with van der Waals surface area (Å²) in [5.74, 6) is -2.25. The lowest BCUT2D eigenvalue weighted by atomic mass is 10.1. The minimum atomic E-state index is -0.657. The fourth-order valence-corrected chi connectivity index (χ4v) is 3.16. The Hall–Kier alpha value is -1.78. The number of likely N-dealkylation sites (tertiary alicyclic amines) is 1. The van der Waals surface area contributed by atoms with Crippen LogP contribution >= 0.6 is 27.0 Å². The topological polar surface area (TPSA) is 87.7 Å². The smallest absolute Gasteiger partial charge is 0.311 e. The summed E-state index contributed by atoms with van der Waals surface area (Å²) >= 11 is 0. The SMILES string of the molecule is Cc1cc(NC(=O)C2CCN(C(=O)C(=O)N[C@H]3CCOC3)C2)ccc1F.S.S. The van der Waals surface area contributed by atoms with E-state index in [1.165, 1.54) is 17.0 Å². The number of hydrogen-bond acceptors (Lipinski definition) is 4. The Morgan fingerprint density at radius 1 is 1.21 bits per heavy atom. The molecule has 1 aromatic rings. The van der Waals surface area contributed by atoms with Crippen molar-refractivity contribution < 1.29 is 23.5 Å². The van der Waals surface area contributed by atoms with Gasteiger partial charge in [0, 0.05) is 25.4 Å². The van der Waals surface area contributed by atoms with Crippen LogP contribution in [0.1, 0.15) is 18.4 Å². The summed E-state index contributed by atoms with van der Waals surface area (Å²) in [7, 11) is 0. The van der Waals surface area contributed by atoms with Crippen LogP contribution in [0.4, 0.5) is 10.1 Å². The van der Waals surface area contributed by atoms with Crippen molar-refractivity contribution in [3.63, 3.8) is 0 Å². The van der Waals surface area contributed by atoms with Crippen LogP contribution in [0.5, 0.6) is 0 Å². The van der Waals surface area contributed by atoms with Crippen LogP contribution in [0, 0.1) is 18.7 Å². The maximum absolute atomic E-state index is 13.3. The van der Waals surface area contributed by atoms with Crippen LogP contribution in [0.25, 0.3) is 0 Å². The Morgan fingerprint density at radius 3 is 2.61 bits per heavy atom. The first-order valence-corrected chi connectivity index (χ1v) is 8.68. The van der Waals surface area contributed by atoms with Crippen LogP contribution < -0.4 is 10.6 Å². The highest BCUT2D eigenvalue weighted by Crippen LogP contribution is 2.20. The van der Waals surface area contributed by atoms with Gasteiger partial charge in [-0.2, -0.15) is 27.0 Å². The van der Waals surface area contributed by atoms with Gasteiger partial charge in [0.2, 0.25) is 5.91 Å². The highest BCUT2D eigenvalue weighted by atomic mass is 32.1. The number of benzene rings is 1. The van der Waals surface area contributed by atoms with E-state index in [4.69, 9.17) is 4.74 Å². The third-order valence-corrected chi connectivity index (χ3v) is 4.73. The molecular formula is C18H26FN3O4S2. The number of ether oxygens (including phenoxy) is 1. The average molecular weight is 432 g/mol. The molecule has 28 heavy (non-hydrogen) atoms. The summed E-state index contributed by atoms with van der Waals surface area (Å²) in [4.78, 5) is 38.0. The fraction of sp³-hybridized carbons (Fsp3) is 0.500. The first kappa shape index (κ1) is 24.3. The average Bonchev–Trinajstić information content (AvgIpc) is 3.29. The Morgan fingerprint density at radius 2 is 1.96 bits per heavy atom. The van der Waals surface area contributed by atoms with Gasteiger partial charge in [0.15, 0.2) is 0 Å². The lowest BCUT2D eigenvalue weighted by molar-refractivity contribution is -0.145. The van der Waals surface area contributed by atoms with Crippen molar-refractivity contribution in [3.05, 3.63) is 29.6 Å². The van der Waals surface area contributed by atoms with Crippen LogP contribution in [-0.4, -0.2) is 55.0 Å². The molecule has 10 heteroatoms. The molecule has 2 fully saturated rings. The van der Waals surface area contributed by atoms with Crippen molar-refractivity contribution in [1.82, 2.24) is 10.2 Å². The van der Waals surface area contributed by atoms with Gasteiger partial charge >= 0.3 is 11.8 Å². The zero-order valence-corrected chi connectivity index (χ0v) is 17.6. The molecule has 2 aliphatic heterocycles. The lowest BCUT2D eigenvalue weighted by Crippen LogP contribution is -2.46. The van der Waals surface area contributed by atoms with Gasteiger partial charge < -0.3 is 20.3 Å². The predicted molar refractivity (Wildman–Crippen MR) is 113 cm³/mol. The van der Waals surface area contributed by atoms with Crippen molar-refractivity contribution in [2.24, 2.45) is 5.92 Å². The number of anilines is 1. The molecule has 1 unspecified atom stereocenters. The van der Waals surface area contributed by atoms with Gasteiger partial charge in [0.1, 0.15) is 5.82 Å². The van der Waals surface area contributed by atoms with E-state index in [1.54, 1.807) is 13.0 Å². The Kier molecular flexibility index (Phi) is 9.25. The molecule has 0 aromatic heterocycles. The summed E-state index contributed by atoms with van der Waals surface area (Å²) in [6.45, 7) is 3.16. The highest BCUT2D eigenvalue weighted by Gasteiger charge is 2.34. The molecule has 0 spiro atoms. The third kappa shape index (κ3) is 5.86. The van der Waals surface area contributed by atoms with Crippen LogP contribution in [0.2, 0.25) is 0 Å². The number of hydrogen-bond donors (Lipinski definition) is 2. The van der Waals surface area contributed by atoms with Gasteiger partial charge in [-0.15, -0.1) is 0 Å². The van der Waals surface area contributed by atoms with Crippen molar-refractivity contribution >= 4 is 50.4 Å². The molecule has 3 amide bonds. The number of nitrogens with zero attached hydrogens (tertiary/aromatic N) is 1. The molecule has 2 atom stereocenters. The molecule has 2 saturated heterocycles. The number of carbonyl (C=O) groups is 3. The number of rotatable bonds is 3. The van der Waals surface area contributed by atoms with Crippen molar-refractivity contribution in [1.29, 1.82) is 0 Å². The molecule has 0 bridgehead atoms. The summed E-state index contributed by atoms with van der Waals surface area (Å²) in [5, 5.41) is 5.40. The molecule has 3 rings (SSSR count). The van der Waals surface area contributed by atoms with Gasteiger partial charge in [-0.05, 0) is 43.5 Å².